The van der Waals surface area contributed by atoms with Crippen LogP contribution < -0.4 is 5.32 Å². The number of aromatic amines is 1. The van der Waals surface area contributed by atoms with Crippen molar-refractivity contribution < 1.29 is 13.6 Å². The van der Waals surface area contributed by atoms with E-state index in [9.17, 15) is 13.6 Å². The van der Waals surface area contributed by atoms with E-state index in [1.807, 2.05) is 0 Å². The monoisotopic (exact) mass is 410 g/mol. The van der Waals surface area contributed by atoms with Gasteiger partial charge in [-0.05, 0) is 18.2 Å². The number of aryl methyl sites for hydroxylation is 1. The topological polar surface area (TPSA) is 88.5 Å². The molecule has 29 heavy (non-hydrogen) atoms. The van der Waals surface area contributed by atoms with E-state index in [1.165, 1.54) is 22.2 Å². The predicted octanol–water partition coefficient (Wildman–Crippen LogP) is 4.10. The second kappa shape index (κ2) is 6.45. The summed E-state index contributed by atoms with van der Waals surface area (Å²) in [4.78, 5) is 17.6. The number of aromatic nitrogens is 5. The molecule has 10 heteroatoms. The molecule has 3 aromatic heterocycles. The van der Waals surface area contributed by atoms with Crippen LogP contribution >= 0.6 is 11.3 Å². The van der Waals surface area contributed by atoms with Gasteiger partial charge < -0.3 is 5.32 Å². The number of nitrogens with one attached hydrogen (secondary N) is 2. The van der Waals surface area contributed by atoms with Gasteiger partial charge in [-0.3, -0.25) is 19.6 Å². The zero-order valence-corrected chi connectivity index (χ0v) is 15.7. The van der Waals surface area contributed by atoms with Crippen molar-refractivity contribution in [3.8, 4) is 10.6 Å². The van der Waals surface area contributed by atoms with Crippen molar-refractivity contribution in [3.05, 3.63) is 59.4 Å². The molecule has 5 rings (SSSR count). The molecule has 1 amide bonds. The van der Waals surface area contributed by atoms with Gasteiger partial charge in [-0.1, -0.05) is 0 Å². The Labute approximate surface area is 166 Å². The molecule has 0 aliphatic heterocycles. The summed E-state index contributed by atoms with van der Waals surface area (Å²) in [6.45, 7) is 0. The minimum Gasteiger partial charge on any atom is -0.322 e. The molecule has 2 N–H and O–H groups in total. The molecule has 0 atom stereocenters. The fourth-order valence-electron chi connectivity index (χ4n) is 3.23. The summed E-state index contributed by atoms with van der Waals surface area (Å²) in [6.07, 6.45) is 2.96. The number of halogens is 2. The summed E-state index contributed by atoms with van der Waals surface area (Å²) in [7, 11) is 1.57. The number of hydrogen-bond acceptors (Lipinski definition) is 5. The van der Waals surface area contributed by atoms with Gasteiger partial charge in [0.1, 0.15) is 22.9 Å². The minimum atomic E-state index is -0.953. The van der Waals surface area contributed by atoms with Crippen LogP contribution in [0.25, 0.3) is 32.4 Å². The van der Waals surface area contributed by atoms with E-state index in [4.69, 9.17) is 0 Å². The van der Waals surface area contributed by atoms with Crippen LogP contribution in [0.3, 0.4) is 0 Å². The number of amides is 1. The van der Waals surface area contributed by atoms with Gasteiger partial charge in [0.25, 0.3) is 5.91 Å². The summed E-state index contributed by atoms with van der Waals surface area (Å²) in [5, 5.41) is 14.5. The van der Waals surface area contributed by atoms with E-state index in [0.29, 0.717) is 11.4 Å². The molecule has 7 nitrogen and oxygen atoms in total. The Balaban J connectivity index is 1.53. The predicted molar refractivity (Wildman–Crippen MR) is 106 cm³/mol. The summed E-state index contributed by atoms with van der Waals surface area (Å²) >= 11 is 1.43. The number of nitrogens with zero attached hydrogens (tertiary/aromatic N) is 4. The van der Waals surface area contributed by atoms with Crippen molar-refractivity contribution >= 4 is 44.7 Å². The van der Waals surface area contributed by atoms with Crippen molar-refractivity contribution in [2.24, 2.45) is 7.05 Å². The van der Waals surface area contributed by atoms with Crippen molar-refractivity contribution in [3.63, 3.8) is 0 Å². The van der Waals surface area contributed by atoms with E-state index < -0.39 is 23.1 Å². The van der Waals surface area contributed by atoms with E-state index >= 15 is 0 Å². The number of benzene rings is 2. The van der Waals surface area contributed by atoms with Crippen LogP contribution in [0.2, 0.25) is 0 Å². The van der Waals surface area contributed by atoms with Crippen LogP contribution in [0.4, 0.5) is 14.5 Å². The van der Waals surface area contributed by atoms with E-state index in [0.717, 1.165) is 21.8 Å². The van der Waals surface area contributed by atoms with Gasteiger partial charge in [-0.15, -0.1) is 11.3 Å². The van der Waals surface area contributed by atoms with E-state index in [-0.39, 0.29) is 10.9 Å². The smallest absolute Gasteiger partial charge is 0.261 e. The minimum absolute atomic E-state index is 0.0804. The highest BCUT2D eigenvalue weighted by Crippen LogP contribution is 2.31. The molecule has 0 saturated heterocycles. The Hall–Kier alpha value is -3.66. The average Bonchev–Trinajstić information content (AvgIpc) is 3.42. The molecule has 0 aliphatic carbocycles. The van der Waals surface area contributed by atoms with Gasteiger partial charge in [0.15, 0.2) is 0 Å². The lowest BCUT2D eigenvalue weighted by Crippen LogP contribution is -2.16. The number of carbonyl (C=O) groups is 1. The maximum atomic E-state index is 14.8. The first kappa shape index (κ1) is 17.4. The Bertz CT molecular complexity index is 1390. The SMILES string of the molecule is Cn1ncc2c(F)c(C(=O)Nc3ccc4[nH]nc(-c5cncs5)c4c3)c(F)cc21. The van der Waals surface area contributed by atoms with Gasteiger partial charge in [-0.25, -0.2) is 8.78 Å². The van der Waals surface area contributed by atoms with Gasteiger partial charge in [-0.2, -0.15) is 10.2 Å². The first-order valence-corrected chi connectivity index (χ1v) is 9.39. The van der Waals surface area contributed by atoms with E-state index in [2.05, 4.69) is 25.6 Å². The van der Waals surface area contributed by atoms with Crippen molar-refractivity contribution in [2.45, 2.75) is 0 Å². The van der Waals surface area contributed by atoms with Crippen LogP contribution in [-0.4, -0.2) is 30.9 Å². The van der Waals surface area contributed by atoms with Crippen LogP contribution in [-0.2, 0) is 7.05 Å². The molecule has 0 aliphatic rings. The first-order valence-electron chi connectivity index (χ1n) is 8.51. The Morgan fingerprint density at radius 2 is 2.07 bits per heavy atom. The second-order valence-electron chi connectivity index (χ2n) is 6.40. The summed E-state index contributed by atoms with van der Waals surface area (Å²) in [6, 6.07) is 6.17. The fourth-order valence-corrected chi connectivity index (χ4v) is 3.86. The number of anilines is 1. The Kier molecular flexibility index (Phi) is 3.88. The molecular formula is C19H12F2N6OS. The second-order valence-corrected chi connectivity index (χ2v) is 7.29. The zero-order valence-electron chi connectivity index (χ0n) is 14.9. The first-order chi connectivity index (χ1) is 14.0. The molecule has 144 valence electrons. The third-order valence-corrected chi connectivity index (χ3v) is 5.44. The van der Waals surface area contributed by atoms with Gasteiger partial charge in [0.2, 0.25) is 0 Å². The molecule has 0 unspecified atom stereocenters. The number of rotatable bonds is 3. The number of thiazole rings is 1. The molecule has 0 fully saturated rings. The van der Waals surface area contributed by atoms with Gasteiger partial charge in [0.05, 0.1) is 33.0 Å². The number of carbonyl (C=O) groups excluding carboxylic acids is 1. The molecular weight excluding hydrogens is 398 g/mol. The largest absolute Gasteiger partial charge is 0.322 e. The molecule has 0 radical (unpaired) electrons. The maximum Gasteiger partial charge on any atom is 0.261 e. The number of H-pyrrole nitrogens is 1. The zero-order chi connectivity index (χ0) is 20.1. The average molecular weight is 410 g/mol. The standard InChI is InChI=1S/C19H12F2N6OS/c1-27-14-5-12(20)16(17(21)11(14)6-23-27)19(28)24-9-2-3-13-10(4-9)18(26-25-13)15-7-22-8-29-15/h2-8H,1H3,(H,24,28)(H,25,26). The van der Waals surface area contributed by atoms with Gasteiger partial charge in [0, 0.05) is 30.4 Å². The quantitative estimate of drug-likeness (QED) is 0.469. The Morgan fingerprint density at radius 3 is 2.86 bits per heavy atom. The third kappa shape index (κ3) is 2.76. The van der Waals surface area contributed by atoms with Gasteiger partial charge >= 0.3 is 0 Å². The summed E-state index contributed by atoms with van der Waals surface area (Å²) in [5.74, 6) is -2.78. The van der Waals surface area contributed by atoms with Crippen LogP contribution in [0, 0.1) is 11.6 Å². The van der Waals surface area contributed by atoms with Crippen molar-refractivity contribution in [2.75, 3.05) is 5.32 Å². The Morgan fingerprint density at radius 1 is 1.21 bits per heavy atom. The van der Waals surface area contributed by atoms with Crippen LogP contribution in [0.1, 0.15) is 10.4 Å². The highest BCUT2D eigenvalue weighted by Gasteiger charge is 2.22. The third-order valence-electron chi connectivity index (χ3n) is 4.66. The maximum absolute atomic E-state index is 14.8. The molecule has 0 spiro atoms. The molecule has 0 saturated carbocycles. The number of hydrogen-bond donors (Lipinski definition) is 2. The normalized spacial score (nSPS) is 11.4. The highest BCUT2D eigenvalue weighted by atomic mass is 32.1. The highest BCUT2D eigenvalue weighted by molar-refractivity contribution is 7.13. The molecule has 2 aromatic carbocycles. The lowest BCUT2D eigenvalue weighted by atomic mass is 10.1. The van der Waals surface area contributed by atoms with Crippen molar-refractivity contribution in [1.82, 2.24) is 25.0 Å². The molecule has 5 aromatic rings. The van der Waals surface area contributed by atoms with Crippen LogP contribution in [0.15, 0.2) is 42.2 Å². The lowest BCUT2D eigenvalue weighted by Gasteiger charge is -2.09. The van der Waals surface area contributed by atoms with E-state index in [1.54, 1.807) is 37.0 Å². The summed E-state index contributed by atoms with van der Waals surface area (Å²) < 4.78 is 30.6. The lowest BCUT2D eigenvalue weighted by molar-refractivity contribution is 0.101. The van der Waals surface area contributed by atoms with Crippen molar-refractivity contribution in [1.29, 1.82) is 0 Å². The number of fused-ring (bicyclic) bond motifs is 2. The summed E-state index contributed by atoms with van der Waals surface area (Å²) in [5.41, 5.74) is 3.15. The van der Waals surface area contributed by atoms with Crippen LogP contribution in [0.5, 0.6) is 0 Å². The molecule has 0 bridgehead atoms. The fraction of sp³-hybridized carbons (Fsp3) is 0.0526. The molecule has 3 heterocycles.